The summed E-state index contributed by atoms with van der Waals surface area (Å²) in [5, 5.41) is 14.7. The second-order valence-electron chi connectivity index (χ2n) is 5.97. The van der Waals surface area contributed by atoms with Crippen LogP contribution >= 0.6 is 11.3 Å². The van der Waals surface area contributed by atoms with Crippen LogP contribution in [0.1, 0.15) is 30.4 Å². The van der Waals surface area contributed by atoms with E-state index in [2.05, 4.69) is 34.3 Å². The molecule has 0 fully saturated rings. The molecule has 126 valence electrons. The van der Waals surface area contributed by atoms with Gasteiger partial charge in [-0.15, -0.1) is 21.5 Å². The van der Waals surface area contributed by atoms with E-state index in [0.717, 1.165) is 16.3 Å². The molecule has 2 aromatic heterocycles. The van der Waals surface area contributed by atoms with Gasteiger partial charge in [-0.1, -0.05) is 12.1 Å². The van der Waals surface area contributed by atoms with Crippen molar-refractivity contribution in [1.29, 1.82) is 0 Å². The molecule has 0 saturated carbocycles. The summed E-state index contributed by atoms with van der Waals surface area (Å²) in [7, 11) is 1.62. The number of nitrogens with one attached hydrogen (secondary N) is 1. The predicted octanol–water partition coefficient (Wildman–Crippen LogP) is 3.54. The molecule has 6 nitrogen and oxygen atoms in total. The van der Waals surface area contributed by atoms with Crippen LogP contribution in [0.25, 0.3) is 11.5 Å². The van der Waals surface area contributed by atoms with E-state index in [-0.39, 0.29) is 5.54 Å². The minimum absolute atomic E-state index is 0.266. The number of thiazole rings is 1. The second-order valence-corrected chi connectivity index (χ2v) is 6.83. The van der Waals surface area contributed by atoms with Crippen LogP contribution in [0, 0.1) is 6.92 Å². The minimum atomic E-state index is -0.266. The number of hydrogen-bond acceptors (Lipinski definition) is 7. The smallest absolute Gasteiger partial charge is 0.251 e. The van der Waals surface area contributed by atoms with Crippen molar-refractivity contribution >= 4 is 11.3 Å². The van der Waals surface area contributed by atoms with Crippen LogP contribution in [0.5, 0.6) is 5.75 Å². The van der Waals surface area contributed by atoms with Crippen molar-refractivity contribution in [2.75, 3.05) is 7.11 Å². The van der Waals surface area contributed by atoms with E-state index in [4.69, 9.17) is 9.15 Å². The molecule has 3 rings (SSSR count). The van der Waals surface area contributed by atoms with Gasteiger partial charge in [0.15, 0.2) is 0 Å². The van der Waals surface area contributed by atoms with Crippen LogP contribution in [-0.4, -0.2) is 22.3 Å². The average Bonchev–Trinajstić information content (AvgIpc) is 3.22. The molecule has 7 heteroatoms. The molecule has 0 unspecified atom stereocenters. The third kappa shape index (κ3) is 3.47. The molecule has 0 atom stereocenters. The van der Waals surface area contributed by atoms with Gasteiger partial charge in [-0.05, 0) is 32.9 Å². The van der Waals surface area contributed by atoms with Crippen LogP contribution < -0.4 is 10.1 Å². The van der Waals surface area contributed by atoms with E-state index in [0.29, 0.717) is 24.1 Å². The molecule has 1 N–H and O–H groups in total. The zero-order valence-corrected chi connectivity index (χ0v) is 15.0. The van der Waals surface area contributed by atoms with Crippen LogP contribution in [-0.2, 0) is 12.1 Å². The first-order valence-corrected chi connectivity index (χ1v) is 8.51. The largest absolute Gasteiger partial charge is 0.496 e. The van der Waals surface area contributed by atoms with Gasteiger partial charge in [-0.2, -0.15) is 0 Å². The van der Waals surface area contributed by atoms with Gasteiger partial charge in [-0.25, -0.2) is 4.98 Å². The third-order valence-electron chi connectivity index (χ3n) is 3.64. The summed E-state index contributed by atoms with van der Waals surface area (Å²) in [5.41, 5.74) is 1.55. The van der Waals surface area contributed by atoms with Crippen LogP contribution in [0.3, 0.4) is 0 Å². The lowest BCUT2D eigenvalue weighted by Crippen LogP contribution is -2.36. The van der Waals surface area contributed by atoms with E-state index >= 15 is 0 Å². The van der Waals surface area contributed by atoms with Crippen molar-refractivity contribution < 1.29 is 9.15 Å². The Morgan fingerprint density at radius 2 is 2.04 bits per heavy atom. The highest BCUT2D eigenvalue weighted by molar-refractivity contribution is 7.09. The standard InChI is InChI=1S/C17H20N4O2S/c1-11-10-24-16(19-11)17(2,3)18-9-14-20-21-15(23-14)12-7-5-6-8-13(12)22-4/h5-8,10,18H,9H2,1-4H3. The number of nitrogens with zero attached hydrogens (tertiary/aromatic N) is 3. The Morgan fingerprint density at radius 1 is 1.25 bits per heavy atom. The van der Waals surface area contributed by atoms with Crippen molar-refractivity contribution in [3.05, 3.63) is 46.2 Å². The van der Waals surface area contributed by atoms with E-state index < -0.39 is 0 Å². The zero-order chi connectivity index (χ0) is 17.2. The Balaban J connectivity index is 1.72. The molecule has 24 heavy (non-hydrogen) atoms. The van der Waals surface area contributed by atoms with Crippen molar-refractivity contribution in [3.8, 4) is 17.2 Å². The summed E-state index contributed by atoms with van der Waals surface area (Å²) >= 11 is 1.64. The normalized spacial score (nSPS) is 11.7. The summed E-state index contributed by atoms with van der Waals surface area (Å²) in [5.74, 6) is 1.68. The number of aromatic nitrogens is 3. The maximum absolute atomic E-state index is 5.77. The molecular weight excluding hydrogens is 324 g/mol. The summed E-state index contributed by atoms with van der Waals surface area (Å²) in [6.45, 7) is 6.63. The van der Waals surface area contributed by atoms with Crippen molar-refractivity contribution in [3.63, 3.8) is 0 Å². The Labute approximate surface area is 144 Å². The first kappa shape index (κ1) is 16.6. The molecule has 0 aliphatic rings. The predicted molar refractivity (Wildman–Crippen MR) is 93.0 cm³/mol. The monoisotopic (exact) mass is 344 g/mol. The number of hydrogen-bond donors (Lipinski definition) is 1. The fourth-order valence-electron chi connectivity index (χ4n) is 2.27. The molecule has 0 aliphatic carbocycles. The van der Waals surface area contributed by atoms with Gasteiger partial charge in [0.1, 0.15) is 10.8 Å². The van der Waals surface area contributed by atoms with Crippen LogP contribution in [0.4, 0.5) is 0 Å². The molecule has 0 radical (unpaired) electrons. The maximum atomic E-state index is 5.77. The fraction of sp³-hybridized carbons (Fsp3) is 0.353. The maximum Gasteiger partial charge on any atom is 0.251 e. The molecule has 0 aliphatic heterocycles. The zero-order valence-electron chi connectivity index (χ0n) is 14.2. The quantitative estimate of drug-likeness (QED) is 0.737. The lowest BCUT2D eigenvalue weighted by Gasteiger charge is -2.22. The first-order valence-electron chi connectivity index (χ1n) is 7.63. The molecule has 0 bridgehead atoms. The molecule has 0 saturated heterocycles. The first-order chi connectivity index (χ1) is 11.5. The van der Waals surface area contributed by atoms with Crippen molar-refractivity contribution in [1.82, 2.24) is 20.5 Å². The van der Waals surface area contributed by atoms with Gasteiger partial charge < -0.3 is 9.15 Å². The summed E-state index contributed by atoms with van der Waals surface area (Å²) in [6, 6.07) is 7.57. The Kier molecular flexibility index (Phi) is 4.64. The number of ether oxygens (including phenoxy) is 1. The molecule has 2 heterocycles. The van der Waals surface area contributed by atoms with Gasteiger partial charge in [0, 0.05) is 11.1 Å². The molecule has 0 amide bonds. The molecule has 3 aromatic rings. The number of aryl methyl sites for hydroxylation is 1. The number of rotatable bonds is 6. The Bertz CT molecular complexity index is 825. The topological polar surface area (TPSA) is 73.1 Å². The number of para-hydroxylation sites is 1. The Hall–Kier alpha value is -2.25. The van der Waals surface area contributed by atoms with Gasteiger partial charge in [0.25, 0.3) is 5.89 Å². The average molecular weight is 344 g/mol. The number of benzene rings is 1. The summed E-state index contributed by atoms with van der Waals surface area (Å²) in [6.07, 6.45) is 0. The minimum Gasteiger partial charge on any atom is -0.496 e. The molecular formula is C17H20N4O2S. The fourth-order valence-corrected chi connectivity index (χ4v) is 3.17. The number of methoxy groups -OCH3 is 1. The highest BCUT2D eigenvalue weighted by atomic mass is 32.1. The van der Waals surface area contributed by atoms with E-state index in [1.807, 2.05) is 36.6 Å². The van der Waals surface area contributed by atoms with Crippen LogP contribution in [0.15, 0.2) is 34.1 Å². The Morgan fingerprint density at radius 3 is 2.75 bits per heavy atom. The molecule has 0 spiro atoms. The second kappa shape index (κ2) is 6.70. The van der Waals surface area contributed by atoms with E-state index in [9.17, 15) is 0 Å². The van der Waals surface area contributed by atoms with Crippen LogP contribution in [0.2, 0.25) is 0 Å². The highest BCUT2D eigenvalue weighted by Gasteiger charge is 2.24. The lowest BCUT2D eigenvalue weighted by molar-refractivity contribution is 0.364. The van der Waals surface area contributed by atoms with Crippen molar-refractivity contribution in [2.24, 2.45) is 0 Å². The van der Waals surface area contributed by atoms with E-state index in [1.54, 1.807) is 18.4 Å². The lowest BCUT2D eigenvalue weighted by atomic mass is 10.1. The molecule has 1 aromatic carbocycles. The van der Waals surface area contributed by atoms with Gasteiger partial charge in [0.05, 0.1) is 24.8 Å². The SMILES string of the molecule is COc1ccccc1-c1nnc(CNC(C)(C)c2nc(C)cs2)o1. The van der Waals surface area contributed by atoms with Crippen molar-refractivity contribution in [2.45, 2.75) is 32.9 Å². The van der Waals surface area contributed by atoms with E-state index in [1.165, 1.54) is 0 Å². The van der Waals surface area contributed by atoms with Gasteiger partial charge in [-0.3, -0.25) is 5.32 Å². The third-order valence-corrected chi connectivity index (χ3v) is 4.92. The summed E-state index contributed by atoms with van der Waals surface area (Å²) < 4.78 is 11.1. The summed E-state index contributed by atoms with van der Waals surface area (Å²) in [4.78, 5) is 4.54. The van der Waals surface area contributed by atoms with Gasteiger partial charge >= 0.3 is 0 Å². The highest BCUT2D eigenvalue weighted by Crippen LogP contribution is 2.29. The van der Waals surface area contributed by atoms with Gasteiger partial charge in [0.2, 0.25) is 5.89 Å².